The van der Waals surface area contributed by atoms with Crippen LogP contribution in [-0.2, 0) is 12.8 Å². The lowest BCUT2D eigenvalue weighted by Crippen LogP contribution is -2.42. The molecule has 3 heterocycles. The van der Waals surface area contributed by atoms with E-state index >= 15 is 0 Å². The van der Waals surface area contributed by atoms with Gasteiger partial charge in [0.15, 0.2) is 0 Å². The standard InChI is InChI=1S/C25H37N3O/c29-25(28-15-5-6-24(28)19-27-13-3-4-14-27)23-10-9-21-16-20(7-8-22(21)17-23)18-26-11-1-2-12-26/h9-10,17,20,24H,1-8,11-16,18-19H2/t20?,24-/m0/s1. The average Bonchev–Trinajstić information content (AvgIpc) is 3.51. The topological polar surface area (TPSA) is 26.8 Å². The number of likely N-dealkylation sites (tertiary alicyclic amines) is 3. The van der Waals surface area contributed by atoms with E-state index in [1.165, 1.54) is 88.8 Å². The minimum absolute atomic E-state index is 0.272. The van der Waals surface area contributed by atoms with E-state index < -0.39 is 0 Å². The summed E-state index contributed by atoms with van der Waals surface area (Å²) in [5.41, 5.74) is 3.85. The van der Waals surface area contributed by atoms with Crippen LogP contribution < -0.4 is 0 Å². The number of hydrogen-bond donors (Lipinski definition) is 0. The summed E-state index contributed by atoms with van der Waals surface area (Å²) in [7, 11) is 0. The molecular weight excluding hydrogens is 358 g/mol. The molecule has 5 rings (SSSR count). The number of carbonyl (C=O) groups is 1. The summed E-state index contributed by atoms with van der Waals surface area (Å²) in [6, 6.07) is 7.03. The number of carbonyl (C=O) groups excluding carboxylic acids is 1. The number of nitrogens with zero attached hydrogens (tertiary/aromatic N) is 3. The van der Waals surface area contributed by atoms with Crippen molar-refractivity contribution in [2.75, 3.05) is 45.8 Å². The lowest BCUT2D eigenvalue weighted by molar-refractivity contribution is 0.0708. The molecule has 29 heavy (non-hydrogen) atoms. The molecule has 0 spiro atoms. The number of hydrogen-bond acceptors (Lipinski definition) is 3. The summed E-state index contributed by atoms with van der Waals surface area (Å²) in [6.45, 7) is 8.32. The Morgan fingerprint density at radius 2 is 1.55 bits per heavy atom. The maximum Gasteiger partial charge on any atom is 0.254 e. The van der Waals surface area contributed by atoms with Crippen molar-refractivity contribution in [2.45, 2.75) is 63.8 Å². The highest BCUT2D eigenvalue weighted by molar-refractivity contribution is 5.95. The zero-order valence-corrected chi connectivity index (χ0v) is 18.0. The highest BCUT2D eigenvalue weighted by atomic mass is 16.2. The van der Waals surface area contributed by atoms with E-state index in [1.54, 1.807) is 0 Å². The summed E-state index contributed by atoms with van der Waals surface area (Å²) in [5.74, 6) is 1.07. The van der Waals surface area contributed by atoms with Gasteiger partial charge in [0.2, 0.25) is 0 Å². The van der Waals surface area contributed by atoms with Gasteiger partial charge in [-0.1, -0.05) is 6.07 Å². The van der Waals surface area contributed by atoms with Crippen molar-refractivity contribution in [2.24, 2.45) is 5.92 Å². The zero-order chi connectivity index (χ0) is 19.6. The molecule has 4 nitrogen and oxygen atoms in total. The number of benzene rings is 1. The van der Waals surface area contributed by atoms with Crippen LogP contribution in [0.25, 0.3) is 0 Å². The minimum atomic E-state index is 0.272. The third-order valence-electron chi connectivity index (χ3n) is 7.80. The Hall–Kier alpha value is -1.39. The first kappa shape index (κ1) is 19.6. The number of fused-ring (bicyclic) bond motifs is 1. The second kappa shape index (κ2) is 8.77. The third-order valence-corrected chi connectivity index (χ3v) is 7.80. The molecule has 1 aliphatic carbocycles. The Labute approximate surface area is 176 Å². The summed E-state index contributed by atoms with van der Waals surface area (Å²) >= 11 is 0. The lowest BCUT2D eigenvalue weighted by atomic mass is 9.83. The van der Waals surface area contributed by atoms with E-state index in [1.807, 2.05) is 0 Å². The molecule has 4 heteroatoms. The molecule has 1 aromatic rings. The van der Waals surface area contributed by atoms with Crippen molar-refractivity contribution in [3.8, 4) is 0 Å². The maximum atomic E-state index is 13.3. The van der Waals surface area contributed by atoms with E-state index in [4.69, 9.17) is 0 Å². The fourth-order valence-corrected chi connectivity index (χ4v) is 6.17. The molecule has 3 fully saturated rings. The minimum Gasteiger partial charge on any atom is -0.334 e. The van der Waals surface area contributed by atoms with Crippen molar-refractivity contribution in [1.29, 1.82) is 0 Å². The van der Waals surface area contributed by atoms with Crippen LogP contribution in [0.1, 0.15) is 66.4 Å². The van der Waals surface area contributed by atoms with Crippen LogP contribution in [0.4, 0.5) is 0 Å². The second-order valence-electron chi connectivity index (χ2n) is 9.90. The molecular formula is C25H37N3O. The van der Waals surface area contributed by atoms with Crippen LogP contribution in [0.5, 0.6) is 0 Å². The van der Waals surface area contributed by atoms with Crippen molar-refractivity contribution in [1.82, 2.24) is 14.7 Å². The predicted octanol–water partition coefficient (Wildman–Crippen LogP) is 3.59. The van der Waals surface area contributed by atoms with Gasteiger partial charge in [-0.2, -0.15) is 0 Å². The molecule has 4 aliphatic rings. The predicted molar refractivity (Wildman–Crippen MR) is 117 cm³/mol. The molecule has 1 aromatic carbocycles. The van der Waals surface area contributed by atoms with Crippen LogP contribution in [0.3, 0.4) is 0 Å². The van der Waals surface area contributed by atoms with Crippen LogP contribution in [0.2, 0.25) is 0 Å². The first-order chi connectivity index (χ1) is 14.3. The molecule has 158 valence electrons. The SMILES string of the molecule is O=C(c1ccc2c(c1)CCC(CN1CCCC1)C2)N1CCC[C@H]1CN1CCCC1. The quantitative estimate of drug-likeness (QED) is 0.762. The molecule has 0 saturated carbocycles. The number of rotatable bonds is 5. The highest BCUT2D eigenvalue weighted by Crippen LogP contribution is 2.29. The fraction of sp³-hybridized carbons (Fsp3) is 0.720. The summed E-state index contributed by atoms with van der Waals surface area (Å²) in [5, 5.41) is 0. The smallest absolute Gasteiger partial charge is 0.254 e. The van der Waals surface area contributed by atoms with Gasteiger partial charge in [0, 0.05) is 31.2 Å². The first-order valence-corrected chi connectivity index (χ1v) is 12.1. The van der Waals surface area contributed by atoms with Gasteiger partial charge in [0.05, 0.1) is 0 Å². The van der Waals surface area contributed by atoms with Gasteiger partial charge in [-0.3, -0.25) is 4.79 Å². The van der Waals surface area contributed by atoms with Gasteiger partial charge in [0.25, 0.3) is 5.91 Å². The van der Waals surface area contributed by atoms with Gasteiger partial charge < -0.3 is 14.7 Å². The second-order valence-corrected chi connectivity index (χ2v) is 9.90. The molecule has 3 aliphatic heterocycles. The fourth-order valence-electron chi connectivity index (χ4n) is 6.17. The summed E-state index contributed by atoms with van der Waals surface area (Å²) < 4.78 is 0. The first-order valence-electron chi connectivity index (χ1n) is 12.1. The number of amides is 1. The molecule has 1 unspecified atom stereocenters. The lowest BCUT2D eigenvalue weighted by Gasteiger charge is -2.30. The molecule has 3 saturated heterocycles. The molecule has 1 amide bonds. The Morgan fingerprint density at radius 3 is 2.31 bits per heavy atom. The Morgan fingerprint density at radius 1 is 0.828 bits per heavy atom. The van der Waals surface area contributed by atoms with Crippen LogP contribution in [0.15, 0.2) is 18.2 Å². The van der Waals surface area contributed by atoms with Crippen molar-refractivity contribution < 1.29 is 4.79 Å². The summed E-state index contributed by atoms with van der Waals surface area (Å²) in [6.07, 6.45) is 11.4. The van der Waals surface area contributed by atoms with Crippen LogP contribution in [-0.4, -0.2) is 72.5 Å². The highest BCUT2D eigenvalue weighted by Gasteiger charge is 2.32. The molecule has 0 bridgehead atoms. The largest absolute Gasteiger partial charge is 0.334 e. The Balaban J connectivity index is 1.23. The molecule has 0 aromatic heterocycles. The van der Waals surface area contributed by atoms with E-state index in [2.05, 4.69) is 32.9 Å². The molecule has 2 atom stereocenters. The zero-order valence-electron chi connectivity index (χ0n) is 18.0. The molecule has 0 N–H and O–H groups in total. The summed E-state index contributed by atoms with van der Waals surface area (Å²) in [4.78, 5) is 20.7. The number of aryl methyl sites for hydroxylation is 1. The van der Waals surface area contributed by atoms with Crippen LogP contribution >= 0.6 is 0 Å². The van der Waals surface area contributed by atoms with E-state index in [0.717, 1.165) is 37.4 Å². The monoisotopic (exact) mass is 395 g/mol. The van der Waals surface area contributed by atoms with Gasteiger partial charge in [-0.05, 0) is 113 Å². The Bertz CT molecular complexity index is 721. The molecule has 0 radical (unpaired) electrons. The van der Waals surface area contributed by atoms with Gasteiger partial charge in [-0.25, -0.2) is 0 Å². The Kier molecular flexibility index (Phi) is 5.92. The van der Waals surface area contributed by atoms with Crippen molar-refractivity contribution in [3.63, 3.8) is 0 Å². The van der Waals surface area contributed by atoms with Crippen LogP contribution in [0, 0.1) is 5.92 Å². The van der Waals surface area contributed by atoms with Gasteiger partial charge in [0.1, 0.15) is 0 Å². The van der Waals surface area contributed by atoms with E-state index in [0.29, 0.717) is 6.04 Å². The van der Waals surface area contributed by atoms with E-state index in [9.17, 15) is 4.79 Å². The van der Waals surface area contributed by atoms with Gasteiger partial charge >= 0.3 is 0 Å². The van der Waals surface area contributed by atoms with Crippen molar-refractivity contribution >= 4 is 5.91 Å². The van der Waals surface area contributed by atoms with Crippen molar-refractivity contribution in [3.05, 3.63) is 34.9 Å². The average molecular weight is 396 g/mol. The van der Waals surface area contributed by atoms with Gasteiger partial charge in [-0.15, -0.1) is 0 Å². The normalized spacial score (nSPS) is 28.2. The maximum absolute atomic E-state index is 13.3. The van der Waals surface area contributed by atoms with E-state index in [-0.39, 0.29) is 5.91 Å². The third kappa shape index (κ3) is 4.39.